The molecule has 1 aromatic carbocycles. The molecule has 3 rings (SSSR count). The summed E-state index contributed by atoms with van der Waals surface area (Å²) in [6.45, 7) is 7.53. The van der Waals surface area contributed by atoms with E-state index >= 15 is 0 Å². The van der Waals surface area contributed by atoms with Gasteiger partial charge in [0.1, 0.15) is 10.6 Å². The van der Waals surface area contributed by atoms with Gasteiger partial charge in [0.2, 0.25) is 0 Å². The number of carbonyl (C=O) groups is 1. The minimum atomic E-state index is -0.0116. The number of piperazine rings is 1. The van der Waals surface area contributed by atoms with Crippen molar-refractivity contribution in [2.45, 2.75) is 19.8 Å². The lowest BCUT2D eigenvalue weighted by molar-refractivity contribution is 0.0951. The molecule has 0 aliphatic carbocycles. The van der Waals surface area contributed by atoms with Crippen molar-refractivity contribution in [1.29, 1.82) is 0 Å². The number of para-hydroxylation sites is 2. The van der Waals surface area contributed by atoms with E-state index in [-0.39, 0.29) is 18.3 Å². The number of aryl methyl sites for hydroxylation is 1. The number of methoxy groups -OCH3 is 1. The van der Waals surface area contributed by atoms with Crippen LogP contribution in [0, 0.1) is 0 Å². The first-order chi connectivity index (χ1) is 13.2. The van der Waals surface area contributed by atoms with Gasteiger partial charge >= 0.3 is 0 Å². The first-order valence-corrected chi connectivity index (χ1v) is 10.4. The van der Waals surface area contributed by atoms with Gasteiger partial charge in [-0.1, -0.05) is 19.1 Å². The number of hydrogen-bond acceptors (Lipinski definition) is 6. The average molecular weight is 425 g/mol. The highest BCUT2D eigenvalue weighted by molar-refractivity contribution is 7.13. The van der Waals surface area contributed by atoms with Crippen molar-refractivity contribution in [3.8, 4) is 5.75 Å². The van der Waals surface area contributed by atoms with Crippen molar-refractivity contribution in [3.05, 3.63) is 40.3 Å². The second-order valence-corrected chi connectivity index (χ2v) is 7.74. The fraction of sp³-hybridized carbons (Fsp3) is 0.500. The maximum atomic E-state index is 12.2. The lowest BCUT2D eigenvalue weighted by Gasteiger charge is -2.36. The number of thiazole rings is 1. The number of nitrogens with zero attached hydrogens (tertiary/aromatic N) is 3. The maximum Gasteiger partial charge on any atom is 0.263 e. The van der Waals surface area contributed by atoms with Crippen LogP contribution in [-0.2, 0) is 6.42 Å². The Labute approximate surface area is 177 Å². The predicted molar refractivity (Wildman–Crippen MR) is 117 cm³/mol. The summed E-state index contributed by atoms with van der Waals surface area (Å²) in [7, 11) is 1.71. The number of halogens is 1. The third-order valence-electron chi connectivity index (χ3n) is 4.75. The van der Waals surface area contributed by atoms with E-state index in [1.165, 1.54) is 11.3 Å². The van der Waals surface area contributed by atoms with Crippen LogP contribution in [0.1, 0.15) is 28.0 Å². The molecule has 0 atom stereocenters. The molecular weight excluding hydrogens is 396 g/mol. The van der Waals surface area contributed by atoms with E-state index in [1.54, 1.807) is 13.3 Å². The van der Waals surface area contributed by atoms with Crippen molar-refractivity contribution in [2.24, 2.45) is 0 Å². The minimum absolute atomic E-state index is 0. The summed E-state index contributed by atoms with van der Waals surface area (Å²) in [5.41, 5.74) is 1.15. The number of anilines is 1. The van der Waals surface area contributed by atoms with Crippen LogP contribution in [0.3, 0.4) is 0 Å². The smallest absolute Gasteiger partial charge is 0.263 e. The number of carbonyl (C=O) groups excluding carboxylic acids is 1. The van der Waals surface area contributed by atoms with E-state index in [9.17, 15) is 4.79 Å². The van der Waals surface area contributed by atoms with E-state index in [2.05, 4.69) is 33.1 Å². The number of nitrogens with one attached hydrogen (secondary N) is 1. The molecule has 2 aromatic rings. The molecular formula is C20H29ClN4O2S. The largest absolute Gasteiger partial charge is 0.495 e. The van der Waals surface area contributed by atoms with Crippen molar-refractivity contribution in [1.82, 2.24) is 15.2 Å². The summed E-state index contributed by atoms with van der Waals surface area (Å²) in [6, 6.07) is 8.15. The zero-order valence-corrected chi connectivity index (χ0v) is 18.2. The summed E-state index contributed by atoms with van der Waals surface area (Å²) in [5, 5.41) is 4.06. The number of aromatic nitrogens is 1. The molecule has 1 aromatic heterocycles. The van der Waals surface area contributed by atoms with E-state index in [0.717, 1.165) is 62.0 Å². The van der Waals surface area contributed by atoms with Crippen LogP contribution >= 0.6 is 23.7 Å². The van der Waals surface area contributed by atoms with Crippen LogP contribution < -0.4 is 15.0 Å². The number of benzene rings is 1. The first kappa shape index (κ1) is 22.5. The fourth-order valence-electron chi connectivity index (χ4n) is 3.26. The van der Waals surface area contributed by atoms with Gasteiger partial charge in [0.05, 0.1) is 24.0 Å². The lowest BCUT2D eigenvalue weighted by Crippen LogP contribution is -2.48. The lowest BCUT2D eigenvalue weighted by atomic mass is 10.2. The molecule has 1 N–H and O–H groups in total. The highest BCUT2D eigenvalue weighted by atomic mass is 35.5. The molecule has 0 saturated carbocycles. The van der Waals surface area contributed by atoms with Crippen LogP contribution in [0.15, 0.2) is 30.5 Å². The second kappa shape index (κ2) is 11.2. The van der Waals surface area contributed by atoms with Crippen LogP contribution in [0.25, 0.3) is 0 Å². The van der Waals surface area contributed by atoms with Gasteiger partial charge in [-0.15, -0.1) is 23.7 Å². The first-order valence-electron chi connectivity index (χ1n) is 9.54. The van der Waals surface area contributed by atoms with Crippen molar-refractivity contribution in [3.63, 3.8) is 0 Å². The molecule has 0 bridgehead atoms. The predicted octanol–water partition coefficient (Wildman–Crippen LogP) is 3.08. The summed E-state index contributed by atoms with van der Waals surface area (Å²) < 4.78 is 5.47. The van der Waals surface area contributed by atoms with Crippen molar-refractivity contribution < 1.29 is 9.53 Å². The Morgan fingerprint density at radius 3 is 2.71 bits per heavy atom. The zero-order chi connectivity index (χ0) is 19.1. The molecule has 0 unspecified atom stereocenters. The quantitative estimate of drug-likeness (QED) is 0.705. The van der Waals surface area contributed by atoms with Crippen LogP contribution in [-0.4, -0.2) is 62.2 Å². The summed E-state index contributed by atoms with van der Waals surface area (Å²) in [4.78, 5) is 22.0. The standard InChI is InChI=1S/C20H28N4O2S.ClH/c1-3-6-19-22-15-18(27-19)20(25)21-9-10-23-11-13-24(14-12-23)16-7-4-5-8-17(16)26-2;/h4-5,7-8,15H,3,6,9-14H2,1-2H3,(H,21,25);1H. The third-order valence-corrected chi connectivity index (χ3v) is 5.81. The third kappa shape index (κ3) is 5.83. The molecule has 0 radical (unpaired) electrons. The van der Waals surface area contributed by atoms with E-state index in [4.69, 9.17) is 4.74 Å². The highest BCUT2D eigenvalue weighted by Gasteiger charge is 2.19. The molecule has 2 heterocycles. The molecule has 0 spiro atoms. The monoisotopic (exact) mass is 424 g/mol. The fourth-order valence-corrected chi connectivity index (χ4v) is 4.20. The van der Waals surface area contributed by atoms with Crippen LogP contribution in [0.4, 0.5) is 5.69 Å². The second-order valence-electron chi connectivity index (χ2n) is 6.62. The summed E-state index contributed by atoms with van der Waals surface area (Å²) in [6.07, 6.45) is 3.68. The van der Waals surface area contributed by atoms with Crippen LogP contribution in [0.2, 0.25) is 0 Å². The topological polar surface area (TPSA) is 57.7 Å². The van der Waals surface area contributed by atoms with Gasteiger partial charge < -0.3 is 15.0 Å². The van der Waals surface area contributed by atoms with E-state index in [0.29, 0.717) is 11.4 Å². The highest BCUT2D eigenvalue weighted by Crippen LogP contribution is 2.28. The Hall–Kier alpha value is -1.83. The molecule has 8 heteroatoms. The van der Waals surface area contributed by atoms with Gasteiger partial charge in [0.15, 0.2) is 0 Å². The molecule has 6 nitrogen and oxygen atoms in total. The molecule has 154 valence electrons. The SMILES string of the molecule is CCCc1ncc(C(=O)NCCN2CCN(c3ccccc3OC)CC2)s1.Cl. The van der Waals surface area contributed by atoms with Gasteiger partial charge in [-0.3, -0.25) is 9.69 Å². The van der Waals surface area contributed by atoms with Crippen molar-refractivity contribution >= 4 is 35.3 Å². The summed E-state index contributed by atoms with van der Waals surface area (Å²) in [5.74, 6) is 0.910. The molecule has 28 heavy (non-hydrogen) atoms. The number of ether oxygens (including phenoxy) is 1. The Morgan fingerprint density at radius 1 is 1.25 bits per heavy atom. The van der Waals surface area contributed by atoms with Gasteiger partial charge in [-0.05, 0) is 25.0 Å². The Balaban J connectivity index is 0.00000280. The number of amides is 1. The maximum absolute atomic E-state index is 12.2. The van der Waals surface area contributed by atoms with Crippen LogP contribution in [0.5, 0.6) is 5.75 Å². The molecule has 1 aliphatic heterocycles. The normalized spacial score (nSPS) is 14.4. The Kier molecular flexibility index (Phi) is 9.02. The number of rotatable bonds is 8. The van der Waals surface area contributed by atoms with Gasteiger partial charge in [0, 0.05) is 39.3 Å². The van der Waals surface area contributed by atoms with E-state index < -0.39 is 0 Å². The Morgan fingerprint density at radius 2 is 2.00 bits per heavy atom. The minimum Gasteiger partial charge on any atom is -0.495 e. The van der Waals surface area contributed by atoms with Gasteiger partial charge in [0.25, 0.3) is 5.91 Å². The van der Waals surface area contributed by atoms with Crippen molar-refractivity contribution in [2.75, 3.05) is 51.3 Å². The molecule has 1 aliphatic rings. The van der Waals surface area contributed by atoms with Gasteiger partial charge in [-0.2, -0.15) is 0 Å². The molecule has 1 saturated heterocycles. The number of hydrogen-bond donors (Lipinski definition) is 1. The molecule has 1 amide bonds. The van der Waals surface area contributed by atoms with Gasteiger partial charge in [-0.25, -0.2) is 4.98 Å². The van der Waals surface area contributed by atoms with E-state index in [1.807, 2.05) is 18.2 Å². The molecule has 1 fully saturated rings. The Bertz CT molecular complexity index is 747. The summed E-state index contributed by atoms with van der Waals surface area (Å²) >= 11 is 1.50. The average Bonchev–Trinajstić information content (AvgIpc) is 3.17. The zero-order valence-electron chi connectivity index (χ0n) is 16.5.